The molecule has 14 heavy (non-hydrogen) atoms. The van der Waals surface area contributed by atoms with Gasteiger partial charge in [0.25, 0.3) is 0 Å². The second-order valence-electron chi connectivity index (χ2n) is 3.88. The highest BCUT2D eigenvalue weighted by Gasteiger charge is 2.14. The van der Waals surface area contributed by atoms with Crippen molar-refractivity contribution in [1.82, 2.24) is 4.98 Å². The molecule has 4 heteroatoms. The highest BCUT2D eigenvalue weighted by molar-refractivity contribution is 7.15. The topological polar surface area (TPSA) is 42.1 Å². The van der Waals surface area contributed by atoms with Gasteiger partial charge in [0.2, 0.25) is 0 Å². The summed E-state index contributed by atoms with van der Waals surface area (Å²) in [5, 5.41) is 1.15. The predicted octanol–water partition coefficient (Wildman–Crippen LogP) is 2.15. The molecule has 1 fully saturated rings. The zero-order valence-corrected chi connectivity index (χ0v) is 9.39. The second-order valence-corrected chi connectivity index (χ2v) is 4.92. The van der Waals surface area contributed by atoms with Crippen molar-refractivity contribution < 1.29 is 0 Å². The molecule has 1 unspecified atom stereocenters. The summed E-state index contributed by atoms with van der Waals surface area (Å²) in [6.07, 6.45) is 5.88. The Morgan fingerprint density at radius 1 is 1.43 bits per heavy atom. The summed E-state index contributed by atoms with van der Waals surface area (Å²) in [5.41, 5.74) is 5.81. The van der Waals surface area contributed by atoms with Crippen LogP contribution in [0.15, 0.2) is 6.20 Å². The minimum absolute atomic E-state index is 0.117. The molecule has 0 saturated carbocycles. The zero-order valence-electron chi connectivity index (χ0n) is 8.57. The molecule has 1 aliphatic heterocycles. The number of nitrogens with zero attached hydrogens (tertiary/aromatic N) is 2. The molecule has 1 atom stereocenters. The molecule has 0 amide bonds. The van der Waals surface area contributed by atoms with Crippen molar-refractivity contribution in [3.63, 3.8) is 0 Å². The SMILES string of the molecule is CC(N)c1cnc(N2CCCCC2)s1. The molecule has 2 rings (SSSR count). The third-order valence-electron chi connectivity index (χ3n) is 2.59. The van der Waals surface area contributed by atoms with Crippen LogP contribution in [0.1, 0.15) is 37.1 Å². The van der Waals surface area contributed by atoms with Crippen LogP contribution in [0.3, 0.4) is 0 Å². The Kier molecular flexibility index (Phi) is 3.03. The summed E-state index contributed by atoms with van der Waals surface area (Å²) in [5.74, 6) is 0. The first-order chi connectivity index (χ1) is 6.77. The van der Waals surface area contributed by atoms with Gasteiger partial charge in [-0.05, 0) is 26.2 Å². The standard InChI is InChI=1S/C10H17N3S/c1-8(11)9-7-12-10(14-9)13-5-3-2-4-6-13/h7-8H,2-6,11H2,1H3. The first-order valence-electron chi connectivity index (χ1n) is 5.23. The fourth-order valence-corrected chi connectivity index (χ4v) is 2.64. The number of hydrogen-bond acceptors (Lipinski definition) is 4. The molecule has 0 spiro atoms. The Balaban J connectivity index is 2.07. The summed E-state index contributed by atoms with van der Waals surface area (Å²) < 4.78 is 0. The highest BCUT2D eigenvalue weighted by atomic mass is 32.1. The molecule has 0 aliphatic carbocycles. The van der Waals surface area contributed by atoms with E-state index in [0.29, 0.717) is 0 Å². The Morgan fingerprint density at radius 2 is 2.14 bits per heavy atom. The number of thiazole rings is 1. The van der Waals surface area contributed by atoms with Crippen LogP contribution in [0.2, 0.25) is 0 Å². The number of hydrogen-bond donors (Lipinski definition) is 1. The first kappa shape index (κ1) is 9.93. The first-order valence-corrected chi connectivity index (χ1v) is 6.05. The van der Waals surface area contributed by atoms with Crippen molar-refractivity contribution >= 4 is 16.5 Å². The highest BCUT2D eigenvalue weighted by Crippen LogP contribution is 2.27. The molecule has 2 N–H and O–H groups in total. The average Bonchev–Trinajstić information content (AvgIpc) is 2.68. The van der Waals surface area contributed by atoms with Crippen molar-refractivity contribution in [2.75, 3.05) is 18.0 Å². The zero-order chi connectivity index (χ0) is 9.97. The van der Waals surface area contributed by atoms with Gasteiger partial charge in [0.05, 0.1) is 0 Å². The van der Waals surface area contributed by atoms with E-state index in [2.05, 4.69) is 9.88 Å². The molecule has 0 bridgehead atoms. The van der Waals surface area contributed by atoms with E-state index in [4.69, 9.17) is 5.73 Å². The number of aromatic nitrogens is 1. The van der Waals surface area contributed by atoms with Crippen LogP contribution in [0.5, 0.6) is 0 Å². The average molecular weight is 211 g/mol. The lowest BCUT2D eigenvalue weighted by Crippen LogP contribution is -2.29. The maximum atomic E-state index is 5.81. The maximum absolute atomic E-state index is 5.81. The largest absolute Gasteiger partial charge is 0.348 e. The number of piperidine rings is 1. The molecule has 0 aromatic carbocycles. The van der Waals surface area contributed by atoms with E-state index in [1.54, 1.807) is 11.3 Å². The van der Waals surface area contributed by atoms with Gasteiger partial charge in [-0.25, -0.2) is 4.98 Å². The third-order valence-corrected chi connectivity index (χ3v) is 3.85. The van der Waals surface area contributed by atoms with Crippen molar-refractivity contribution in [3.8, 4) is 0 Å². The van der Waals surface area contributed by atoms with E-state index in [0.717, 1.165) is 18.2 Å². The second kappa shape index (κ2) is 4.28. The smallest absolute Gasteiger partial charge is 0.185 e. The van der Waals surface area contributed by atoms with Crippen molar-refractivity contribution in [3.05, 3.63) is 11.1 Å². The lowest BCUT2D eigenvalue weighted by atomic mass is 10.1. The van der Waals surface area contributed by atoms with Crippen LogP contribution in [-0.2, 0) is 0 Å². The van der Waals surface area contributed by atoms with Gasteiger partial charge in [0.15, 0.2) is 5.13 Å². The number of anilines is 1. The lowest BCUT2D eigenvalue weighted by Gasteiger charge is -2.25. The van der Waals surface area contributed by atoms with Crippen LogP contribution in [0.4, 0.5) is 5.13 Å². The van der Waals surface area contributed by atoms with Crippen molar-refractivity contribution in [1.29, 1.82) is 0 Å². The summed E-state index contributed by atoms with van der Waals surface area (Å²) in [6, 6.07) is 0.117. The van der Waals surface area contributed by atoms with Crippen molar-refractivity contribution in [2.24, 2.45) is 5.73 Å². The van der Waals surface area contributed by atoms with Crippen LogP contribution in [0, 0.1) is 0 Å². The van der Waals surface area contributed by atoms with Crippen molar-refractivity contribution in [2.45, 2.75) is 32.2 Å². The van der Waals surface area contributed by atoms with Gasteiger partial charge in [-0.2, -0.15) is 0 Å². The summed E-state index contributed by atoms with van der Waals surface area (Å²) >= 11 is 1.74. The Bertz CT molecular complexity index is 289. The van der Waals surface area contributed by atoms with Gasteiger partial charge in [0.1, 0.15) is 0 Å². The molecule has 78 valence electrons. The molecular weight excluding hydrogens is 194 g/mol. The number of nitrogens with two attached hydrogens (primary N) is 1. The van der Waals surface area contributed by atoms with Gasteiger partial charge in [-0.1, -0.05) is 0 Å². The van der Waals surface area contributed by atoms with E-state index < -0.39 is 0 Å². The molecule has 1 aliphatic rings. The fraction of sp³-hybridized carbons (Fsp3) is 0.700. The van der Waals surface area contributed by atoms with E-state index in [1.165, 1.54) is 24.1 Å². The third kappa shape index (κ3) is 2.07. The molecule has 1 saturated heterocycles. The quantitative estimate of drug-likeness (QED) is 0.815. The monoisotopic (exact) mass is 211 g/mol. The van der Waals surface area contributed by atoms with E-state index >= 15 is 0 Å². The normalized spacial score (nSPS) is 19.7. The van der Waals surface area contributed by atoms with Gasteiger partial charge >= 0.3 is 0 Å². The Morgan fingerprint density at radius 3 is 2.71 bits per heavy atom. The summed E-state index contributed by atoms with van der Waals surface area (Å²) in [4.78, 5) is 7.99. The van der Waals surface area contributed by atoms with Crippen LogP contribution < -0.4 is 10.6 Å². The summed E-state index contributed by atoms with van der Waals surface area (Å²) in [6.45, 7) is 4.32. The molecule has 1 aromatic heterocycles. The van der Waals surface area contributed by atoms with Gasteiger partial charge in [0, 0.05) is 30.2 Å². The predicted molar refractivity (Wildman–Crippen MR) is 60.8 cm³/mol. The van der Waals surface area contributed by atoms with Gasteiger partial charge < -0.3 is 10.6 Å². The molecular formula is C10H17N3S. The van der Waals surface area contributed by atoms with Crippen LogP contribution in [-0.4, -0.2) is 18.1 Å². The molecule has 1 aromatic rings. The van der Waals surface area contributed by atoms with Gasteiger partial charge in [-0.3, -0.25) is 0 Å². The molecule has 2 heterocycles. The van der Waals surface area contributed by atoms with Crippen LogP contribution in [0.25, 0.3) is 0 Å². The lowest BCUT2D eigenvalue weighted by molar-refractivity contribution is 0.577. The summed E-state index contributed by atoms with van der Waals surface area (Å²) in [7, 11) is 0. The Labute approximate surface area is 88.9 Å². The fourth-order valence-electron chi connectivity index (χ4n) is 1.72. The maximum Gasteiger partial charge on any atom is 0.185 e. The van der Waals surface area contributed by atoms with Crippen LogP contribution >= 0.6 is 11.3 Å². The minimum atomic E-state index is 0.117. The molecule has 0 radical (unpaired) electrons. The minimum Gasteiger partial charge on any atom is -0.348 e. The van der Waals surface area contributed by atoms with E-state index in [-0.39, 0.29) is 6.04 Å². The number of rotatable bonds is 2. The van der Waals surface area contributed by atoms with E-state index in [9.17, 15) is 0 Å². The Hall–Kier alpha value is -0.610. The van der Waals surface area contributed by atoms with Gasteiger partial charge in [-0.15, -0.1) is 11.3 Å². The molecule has 3 nitrogen and oxygen atoms in total. The van der Waals surface area contributed by atoms with E-state index in [1.807, 2.05) is 13.1 Å².